The first-order valence-electron chi connectivity index (χ1n) is 10.1. The number of benzene rings is 2. The number of carbonyl (C=O) groups excluding carboxylic acids is 1. The summed E-state index contributed by atoms with van der Waals surface area (Å²) >= 11 is 0. The molecule has 2 aromatic carbocycles. The summed E-state index contributed by atoms with van der Waals surface area (Å²) in [6, 6.07) is 12.5. The number of fused-ring (bicyclic) bond motifs is 1. The van der Waals surface area contributed by atoms with E-state index in [9.17, 15) is 13.6 Å². The summed E-state index contributed by atoms with van der Waals surface area (Å²) in [4.78, 5) is 23.3. The van der Waals surface area contributed by atoms with Crippen LogP contribution in [0.3, 0.4) is 0 Å². The molecule has 4 rings (SSSR count). The Morgan fingerprint density at radius 2 is 2.03 bits per heavy atom. The van der Waals surface area contributed by atoms with Crippen LogP contribution in [-0.2, 0) is 12.8 Å². The first-order chi connectivity index (χ1) is 14.5. The van der Waals surface area contributed by atoms with Crippen LogP contribution in [0.2, 0.25) is 0 Å². The minimum atomic E-state index is -0.485. The van der Waals surface area contributed by atoms with Gasteiger partial charge in [-0.2, -0.15) is 0 Å². The molecule has 0 aliphatic carbocycles. The van der Waals surface area contributed by atoms with E-state index >= 15 is 0 Å². The van der Waals surface area contributed by atoms with Gasteiger partial charge in [0, 0.05) is 36.7 Å². The number of carbonyl (C=O) groups is 1. The zero-order chi connectivity index (χ0) is 21.1. The highest BCUT2D eigenvalue weighted by molar-refractivity contribution is 5.99. The predicted octanol–water partition coefficient (Wildman–Crippen LogP) is 5.14. The van der Waals surface area contributed by atoms with Crippen molar-refractivity contribution in [2.24, 2.45) is 0 Å². The van der Waals surface area contributed by atoms with E-state index in [1.165, 1.54) is 18.5 Å². The SMILES string of the molecule is Cc1cc(F)cc(Cc2cc(N3CCc4c(C(=O)CCCF)cccc43)ncn2)c1. The van der Waals surface area contributed by atoms with E-state index in [-0.39, 0.29) is 24.4 Å². The molecule has 154 valence electrons. The molecule has 4 nitrogen and oxygen atoms in total. The summed E-state index contributed by atoms with van der Waals surface area (Å²) in [5, 5.41) is 0. The Bertz CT molecular complexity index is 1060. The van der Waals surface area contributed by atoms with Crippen molar-refractivity contribution < 1.29 is 13.6 Å². The Morgan fingerprint density at radius 1 is 1.17 bits per heavy atom. The van der Waals surface area contributed by atoms with Crippen LogP contribution in [0.5, 0.6) is 0 Å². The van der Waals surface area contributed by atoms with Gasteiger partial charge < -0.3 is 4.90 Å². The number of rotatable bonds is 7. The van der Waals surface area contributed by atoms with Crippen molar-refractivity contribution in [2.45, 2.75) is 32.6 Å². The van der Waals surface area contributed by atoms with Gasteiger partial charge in [-0.25, -0.2) is 14.4 Å². The van der Waals surface area contributed by atoms with E-state index in [4.69, 9.17) is 0 Å². The lowest BCUT2D eigenvalue weighted by Crippen LogP contribution is -2.15. The Morgan fingerprint density at radius 3 is 2.83 bits per heavy atom. The number of Topliss-reactive ketones (excluding diaryl/α,β-unsaturated/α-hetero) is 1. The van der Waals surface area contributed by atoms with E-state index in [1.807, 2.05) is 37.3 Å². The molecule has 1 aromatic heterocycles. The van der Waals surface area contributed by atoms with Gasteiger partial charge in [0.25, 0.3) is 0 Å². The summed E-state index contributed by atoms with van der Waals surface area (Å²) in [6.45, 7) is 2.09. The van der Waals surface area contributed by atoms with Crippen LogP contribution in [0.1, 0.15) is 45.6 Å². The van der Waals surface area contributed by atoms with Crippen molar-refractivity contribution in [1.29, 1.82) is 0 Å². The number of hydrogen-bond donors (Lipinski definition) is 0. The lowest BCUT2D eigenvalue weighted by atomic mass is 9.99. The van der Waals surface area contributed by atoms with Crippen LogP contribution < -0.4 is 4.90 Å². The zero-order valence-corrected chi connectivity index (χ0v) is 16.9. The fraction of sp³-hybridized carbons (Fsp3) is 0.292. The number of alkyl halides is 1. The fourth-order valence-corrected chi connectivity index (χ4v) is 4.05. The molecule has 0 radical (unpaired) electrons. The molecule has 0 saturated carbocycles. The number of hydrogen-bond acceptors (Lipinski definition) is 4. The lowest BCUT2D eigenvalue weighted by molar-refractivity contribution is 0.0976. The van der Waals surface area contributed by atoms with Gasteiger partial charge in [-0.05, 0) is 54.7 Å². The van der Waals surface area contributed by atoms with E-state index in [0.29, 0.717) is 18.5 Å². The van der Waals surface area contributed by atoms with Crippen molar-refractivity contribution in [2.75, 3.05) is 18.1 Å². The van der Waals surface area contributed by atoms with Gasteiger partial charge >= 0.3 is 0 Å². The van der Waals surface area contributed by atoms with Gasteiger partial charge in [0.2, 0.25) is 0 Å². The minimum Gasteiger partial charge on any atom is -0.326 e. The molecule has 0 bridgehead atoms. The van der Waals surface area contributed by atoms with E-state index < -0.39 is 6.67 Å². The molecule has 1 aliphatic rings. The maximum Gasteiger partial charge on any atom is 0.163 e. The largest absolute Gasteiger partial charge is 0.326 e. The third kappa shape index (κ3) is 4.22. The Kier molecular flexibility index (Phi) is 5.84. The number of aromatic nitrogens is 2. The maximum absolute atomic E-state index is 13.7. The van der Waals surface area contributed by atoms with Crippen molar-refractivity contribution >= 4 is 17.3 Å². The van der Waals surface area contributed by atoms with Crippen molar-refractivity contribution in [1.82, 2.24) is 9.97 Å². The highest BCUT2D eigenvalue weighted by atomic mass is 19.1. The average molecular weight is 407 g/mol. The predicted molar refractivity (Wildman–Crippen MR) is 113 cm³/mol. The molecule has 0 atom stereocenters. The molecular formula is C24H23F2N3O. The second-order valence-corrected chi connectivity index (χ2v) is 7.60. The number of aryl methyl sites for hydroxylation is 1. The first-order valence-corrected chi connectivity index (χ1v) is 10.1. The Labute approximate surface area is 174 Å². The van der Waals surface area contributed by atoms with Gasteiger partial charge in [-0.1, -0.05) is 18.2 Å². The monoisotopic (exact) mass is 407 g/mol. The maximum atomic E-state index is 13.7. The summed E-state index contributed by atoms with van der Waals surface area (Å²) in [7, 11) is 0. The summed E-state index contributed by atoms with van der Waals surface area (Å²) in [6.07, 6.45) is 3.23. The zero-order valence-electron chi connectivity index (χ0n) is 16.9. The standard InChI is InChI=1S/C24H23F2N3O/c1-16-10-17(12-18(26)11-16)13-19-14-24(28-15-27-19)29-9-7-20-21(4-2-5-22(20)29)23(30)6-3-8-25/h2,4-5,10-12,14-15H,3,6-9,13H2,1H3. The lowest BCUT2D eigenvalue weighted by Gasteiger charge is -2.19. The molecule has 0 unspecified atom stereocenters. The first kappa shape index (κ1) is 20.1. The van der Waals surface area contributed by atoms with Crippen LogP contribution in [-0.4, -0.2) is 29.0 Å². The Balaban J connectivity index is 1.60. The quantitative estimate of drug-likeness (QED) is 0.509. The van der Waals surface area contributed by atoms with Crippen LogP contribution in [0.4, 0.5) is 20.3 Å². The smallest absolute Gasteiger partial charge is 0.163 e. The molecule has 30 heavy (non-hydrogen) atoms. The molecule has 0 N–H and O–H groups in total. The van der Waals surface area contributed by atoms with Crippen molar-refractivity contribution in [3.05, 3.63) is 82.6 Å². The summed E-state index contributed by atoms with van der Waals surface area (Å²) in [5.41, 5.74) is 5.15. The number of anilines is 2. The van der Waals surface area contributed by atoms with Crippen LogP contribution in [0.15, 0.2) is 48.8 Å². The number of nitrogens with zero attached hydrogens (tertiary/aromatic N) is 3. The van der Waals surface area contributed by atoms with Crippen LogP contribution in [0, 0.1) is 12.7 Å². The fourth-order valence-electron chi connectivity index (χ4n) is 4.05. The molecule has 0 amide bonds. The highest BCUT2D eigenvalue weighted by Gasteiger charge is 2.26. The van der Waals surface area contributed by atoms with Gasteiger partial charge in [0.15, 0.2) is 5.78 Å². The molecule has 1 aliphatic heterocycles. The minimum absolute atomic E-state index is 0.0174. The third-order valence-electron chi connectivity index (χ3n) is 5.34. The summed E-state index contributed by atoms with van der Waals surface area (Å²) in [5.74, 6) is 0.481. The average Bonchev–Trinajstić information content (AvgIpc) is 3.15. The molecule has 0 saturated heterocycles. The number of halogens is 2. The van der Waals surface area contributed by atoms with Crippen LogP contribution >= 0.6 is 0 Å². The molecule has 0 fully saturated rings. The van der Waals surface area contributed by atoms with E-state index in [0.717, 1.165) is 40.3 Å². The normalized spacial score (nSPS) is 12.8. The van der Waals surface area contributed by atoms with Crippen molar-refractivity contribution in [3.63, 3.8) is 0 Å². The van der Waals surface area contributed by atoms with Gasteiger partial charge in [0.1, 0.15) is 18.0 Å². The molecule has 6 heteroatoms. The highest BCUT2D eigenvalue weighted by Crippen LogP contribution is 2.36. The van der Waals surface area contributed by atoms with Gasteiger partial charge in [-0.15, -0.1) is 0 Å². The van der Waals surface area contributed by atoms with E-state index in [1.54, 1.807) is 0 Å². The Hall–Kier alpha value is -3.15. The second kappa shape index (κ2) is 8.69. The third-order valence-corrected chi connectivity index (χ3v) is 5.34. The van der Waals surface area contributed by atoms with Gasteiger partial charge in [-0.3, -0.25) is 9.18 Å². The number of ketones is 1. The van der Waals surface area contributed by atoms with Crippen LogP contribution in [0.25, 0.3) is 0 Å². The van der Waals surface area contributed by atoms with Gasteiger partial charge in [0.05, 0.1) is 12.4 Å². The molecule has 3 aromatic rings. The molecular weight excluding hydrogens is 384 g/mol. The second-order valence-electron chi connectivity index (χ2n) is 7.60. The topological polar surface area (TPSA) is 46.1 Å². The van der Waals surface area contributed by atoms with E-state index in [2.05, 4.69) is 14.9 Å². The molecule has 0 spiro atoms. The molecule has 2 heterocycles. The van der Waals surface area contributed by atoms with Crippen molar-refractivity contribution in [3.8, 4) is 0 Å². The summed E-state index contributed by atoms with van der Waals surface area (Å²) < 4.78 is 26.2.